The number of phenols is 1. The van der Waals surface area contributed by atoms with Crippen LogP contribution in [0.4, 0.5) is 0 Å². The standard InChI is InChI=1S/C18H19N3O6S/c1-2-3-9-8-28-15-12(14(23)21(15)13(9)16(24)25)20-17(26)18(19,27)10-4-6-11(22)7-5-10/h2-7,12,15,22,27H,8,19H2,1H3,(H,20,26)(H,24,25)/b3-2+/t12-,15-,18?/m1/s1. The average molecular weight is 405 g/mol. The van der Waals surface area contributed by atoms with Gasteiger partial charge in [-0.15, -0.1) is 11.8 Å². The second-order valence-corrected chi connectivity index (χ2v) is 7.46. The fourth-order valence-corrected chi connectivity index (χ4v) is 4.39. The molecule has 1 unspecified atom stereocenters. The summed E-state index contributed by atoms with van der Waals surface area (Å²) in [5, 5.41) is 31.0. The molecule has 0 aromatic heterocycles. The molecule has 2 amide bonds. The van der Waals surface area contributed by atoms with E-state index >= 15 is 0 Å². The van der Waals surface area contributed by atoms with Crippen LogP contribution in [0.1, 0.15) is 12.5 Å². The van der Waals surface area contributed by atoms with Crippen LogP contribution in [0, 0.1) is 0 Å². The van der Waals surface area contributed by atoms with Gasteiger partial charge >= 0.3 is 5.97 Å². The fourth-order valence-electron chi connectivity index (χ4n) is 3.07. The number of nitrogens with zero attached hydrogens (tertiary/aromatic N) is 1. The first-order chi connectivity index (χ1) is 13.2. The zero-order valence-corrected chi connectivity index (χ0v) is 15.6. The van der Waals surface area contributed by atoms with Gasteiger partial charge in [0, 0.05) is 11.3 Å². The third-order valence-corrected chi connectivity index (χ3v) is 5.81. The maximum atomic E-state index is 12.5. The SMILES string of the molecule is C/C=C/C1=C(C(=O)O)N2C(=O)[C@@H](NC(=O)C(N)(O)c3ccc(O)cc3)[C@H]2SC1. The minimum atomic E-state index is -2.42. The molecule has 0 radical (unpaired) electrons. The number of fused-ring (bicyclic) bond motifs is 1. The number of hydrogen-bond donors (Lipinski definition) is 5. The lowest BCUT2D eigenvalue weighted by Gasteiger charge is -2.49. The number of aromatic hydroxyl groups is 1. The van der Waals surface area contributed by atoms with Gasteiger partial charge in [-0.25, -0.2) is 4.79 Å². The molecular weight excluding hydrogens is 386 g/mol. The number of carbonyl (C=O) groups excluding carboxylic acids is 2. The summed E-state index contributed by atoms with van der Waals surface area (Å²) in [6.45, 7) is 1.75. The van der Waals surface area contributed by atoms with E-state index in [4.69, 9.17) is 5.73 Å². The van der Waals surface area contributed by atoms with Gasteiger partial charge in [0.25, 0.3) is 11.8 Å². The van der Waals surface area contributed by atoms with Crippen molar-refractivity contribution < 1.29 is 29.7 Å². The second-order valence-electron chi connectivity index (χ2n) is 6.35. The molecule has 0 aliphatic carbocycles. The Hall–Kier alpha value is -2.82. The van der Waals surface area contributed by atoms with E-state index in [9.17, 15) is 29.7 Å². The zero-order chi connectivity index (χ0) is 20.6. The molecule has 1 aromatic carbocycles. The minimum absolute atomic E-state index is 0.0317. The summed E-state index contributed by atoms with van der Waals surface area (Å²) in [4.78, 5) is 37.8. The Morgan fingerprint density at radius 2 is 2.00 bits per heavy atom. The van der Waals surface area contributed by atoms with Crippen LogP contribution >= 0.6 is 11.8 Å². The van der Waals surface area contributed by atoms with Gasteiger partial charge in [0.2, 0.25) is 5.72 Å². The van der Waals surface area contributed by atoms with Crippen molar-refractivity contribution in [3.05, 3.63) is 53.3 Å². The number of allylic oxidation sites excluding steroid dienone is 2. The van der Waals surface area contributed by atoms with E-state index in [0.717, 1.165) is 4.90 Å². The quantitative estimate of drug-likeness (QED) is 0.334. The number of nitrogens with one attached hydrogen (secondary N) is 1. The number of amides is 2. The molecule has 1 saturated heterocycles. The first kappa shape index (κ1) is 19.9. The van der Waals surface area contributed by atoms with Crippen LogP contribution in [0.5, 0.6) is 5.75 Å². The van der Waals surface area contributed by atoms with Crippen molar-refractivity contribution >= 4 is 29.5 Å². The normalized spacial score (nSPS) is 23.8. The van der Waals surface area contributed by atoms with Crippen LogP contribution in [-0.4, -0.2) is 55.2 Å². The van der Waals surface area contributed by atoms with Crippen molar-refractivity contribution in [1.29, 1.82) is 0 Å². The number of carbonyl (C=O) groups is 3. The fraction of sp³-hybridized carbons (Fsp3) is 0.278. The van der Waals surface area contributed by atoms with Gasteiger partial charge in [-0.2, -0.15) is 0 Å². The molecule has 1 fully saturated rings. The maximum Gasteiger partial charge on any atom is 0.352 e. The molecule has 9 nitrogen and oxygen atoms in total. The van der Waals surface area contributed by atoms with Gasteiger partial charge in [0.1, 0.15) is 22.9 Å². The lowest BCUT2D eigenvalue weighted by molar-refractivity contribution is -0.154. The van der Waals surface area contributed by atoms with Crippen molar-refractivity contribution in [2.45, 2.75) is 24.1 Å². The molecular formula is C18H19N3O6S. The van der Waals surface area contributed by atoms with Gasteiger partial charge in [-0.3, -0.25) is 20.2 Å². The molecule has 3 rings (SSSR count). The van der Waals surface area contributed by atoms with Gasteiger partial charge in [0.15, 0.2) is 0 Å². The van der Waals surface area contributed by atoms with E-state index in [0.29, 0.717) is 11.3 Å². The molecule has 2 aliphatic heterocycles. The van der Waals surface area contributed by atoms with Crippen LogP contribution in [0.15, 0.2) is 47.7 Å². The van der Waals surface area contributed by atoms with Gasteiger partial charge in [-0.1, -0.05) is 24.3 Å². The number of hydrogen-bond acceptors (Lipinski definition) is 7. The summed E-state index contributed by atoms with van der Waals surface area (Å²) < 4.78 is 0. The molecule has 2 heterocycles. The van der Waals surface area contributed by atoms with E-state index in [-0.39, 0.29) is 17.0 Å². The number of carboxylic acid groups (broad SMARTS) is 1. The highest BCUT2D eigenvalue weighted by molar-refractivity contribution is 8.00. The molecule has 0 spiro atoms. The zero-order valence-electron chi connectivity index (χ0n) is 14.8. The number of thioether (sulfide) groups is 1. The molecule has 2 aliphatic rings. The third kappa shape index (κ3) is 3.26. The minimum Gasteiger partial charge on any atom is -0.508 e. The highest BCUT2D eigenvalue weighted by Gasteiger charge is 2.55. The van der Waals surface area contributed by atoms with E-state index in [2.05, 4.69) is 5.32 Å². The van der Waals surface area contributed by atoms with Crippen LogP contribution < -0.4 is 11.1 Å². The van der Waals surface area contributed by atoms with Crippen molar-refractivity contribution in [1.82, 2.24) is 10.2 Å². The number of β-lactam (4-membered cyclic amide) rings is 1. The monoisotopic (exact) mass is 405 g/mol. The van der Waals surface area contributed by atoms with Crippen molar-refractivity contribution in [2.24, 2.45) is 5.73 Å². The largest absolute Gasteiger partial charge is 0.508 e. The van der Waals surface area contributed by atoms with E-state index in [1.165, 1.54) is 36.0 Å². The van der Waals surface area contributed by atoms with Gasteiger partial charge in [-0.05, 0) is 24.6 Å². The Morgan fingerprint density at radius 3 is 2.57 bits per heavy atom. The predicted molar refractivity (Wildman–Crippen MR) is 101 cm³/mol. The average Bonchev–Trinajstić information content (AvgIpc) is 2.65. The molecule has 0 saturated carbocycles. The highest BCUT2D eigenvalue weighted by atomic mass is 32.2. The van der Waals surface area contributed by atoms with Crippen LogP contribution in [0.3, 0.4) is 0 Å². The van der Waals surface area contributed by atoms with Gasteiger partial charge in [0.05, 0.1) is 0 Å². The van der Waals surface area contributed by atoms with E-state index in [1.54, 1.807) is 19.1 Å². The number of carboxylic acids is 1. The molecule has 1 aromatic rings. The number of aliphatic carboxylic acids is 1. The molecule has 28 heavy (non-hydrogen) atoms. The Kier molecular flexibility index (Phi) is 5.20. The van der Waals surface area contributed by atoms with Crippen molar-refractivity contribution in [3.63, 3.8) is 0 Å². The lowest BCUT2D eigenvalue weighted by atomic mass is 9.99. The molecule has 0 bridgehead atoms. The van der Waals surface area contributed by atoms with Crippen molar-refractivity contribution in [3.8, 4) is 5.75 Å². The van der Waals surface area contributed by atoms with E-state index < -0.39 is 34.9 Å². The summed E-state index contributed by atoms with van der Waals surface area (Å²) in [5.74, 6) is -2.52. The van der Waals surface area contributed by atoms with Crippen LogP contribution in [0.2, 0.25) is 0 Å². The van der Waals surface area contributed by atoms with E-state index in [1.807, 2.05) is 0 Å². The lowest BCUT2D eigenvalue weighted by Crippen LogP contribution is -2.72. The summed E-state index contributed by atoms with van der Waals surface area (Å²) in [5.41, 5.74) is 3.73. The Morgan fingerprint density at radius 1 is 1.36 bits per heavy atom. The number of rotatable bonds is 5. The highest BCUT2D eigenvalue weighted by Crippen LogP contribution is 2.40. The first-order valence-corrected chi connectivity index (χ1v) is 9.39. The summed E-state index contributed by atoms with van der Waals surface area (Å²) >= 11 is 1.31. The molecule has 6 N–H and O–H groups in total. The summed E-state index contributed by atoms with van der Waals surface area (Å²) in [6, 6.07) is 4.09. The summed E-state index contributed by atoms with van der Waals surface area (Å²) in [6.07, 6.45) is 3.32. The molecule has 10 heteroatoms. The van der Waals surface area contributed by atoms with Crippen molar-refractivity contribution in [2.75, 3.05) is 5.75 Å². The molecule has 3 atom stereocenters. The Bertz CT molecular complexity index is 893. The second kappa shape index (κ2) is 7.30. The number of phenolic OH excluding ortho intramolecular Hbond substituents is 1. The van der Waals surface area contributed by atoms with Gasteiger partial charge < -0.3 is 20.6 Å². The Balaban J connectivity index is 1.79. The maximum absolute atomic E-state index is 12.5. The first-order valence-electron chi connectivity index (χ1n) is 8.34. The number of aliphatic hydroxyl groups is 1. The molecule has 148 valence electrons. The smallest absolute Gasteiger partial charge is 0.352 e. The van der Waals surface area contributed by atoms with Crippen LogP contribution in [0.25, 0.3) is 0 Å². The third-order valence-electron chi connectivity index (χ3n) is 4.51. The Labute approximate surface area is 164 Å². The number of nitrogens with two attached hydrogens (primary N) is 1. The topological polar surface area (TPSA) is 153 Å². The predicted octanol–water partition coefficient (Wildman–Crippen LogP) is -0.189. The summed E-state index contributed by atoms with van der Waals surface area (Å²) in [7, 11) is 0. The number of benzene rings is 1. The van der Waals surface area contributed by atoms with Crippen LogP contribution in [-0.2, 0) is 20.1 Å².